The van der Waals surface area contributed by atoms with Crippen LogP contribution in [-0.4, -0.2) is 54.5 Å². The van der Waals surface area contributed by atoms with E-state index in [4.69, 9.17) is 11.6 Å². The molecule has 1 aliphatic heterocycles. The maximum Gasteiger partial charge on any atom is 0.317 e. The highest BCUT2D eigenvalue weighted by molar-refractivity contribution is 6.33. The Hall–Kier alpha value is -1.75. The highest BCUT2D eigenvalue weighted by Gasteiger charge is 2.25. The smallest absolute Gasteiger partial charge is 0.317 e. The van der Waals surface area contributed by atoms with Gasteiger partial charge in [-0.15, -0.1) is 0 Å². The summed E-state index contributed by atoms with van der Waals surface area (Å²) in [4.78, 5) is 27.7. The molecule has 1 fully saturated rings. The van der Waals surface area contributed by atoms with E-state index in [2.05, 4.69) is 5.32 Å². The zero-order valence-electron chi connectivity index (χ0n) is 12.1. The van der Waals surface area contributed by atoms with Gasteiger partial charge in [0.25, 0.3) is 5.91 Å². The molecule has 2 rings (SSSR count). The van der Waals surface area contributed by atoms with Crippen molar-refractivity contribution in [2.75, 3.05) is 32.7 Å². The van der Waals surface area contributed by atoms with Gasteiger partial charge in [0.1, 0.15) is 0 Å². The summed E-state index contributed by atoms with van der Waals surface area (Å²) in [5, 5.41) is 3.31. The van der Waals surface area contributed by atoms with Gasteiger partial charge in [-0.2, -0.15) is 0 Å². The van der Waals surface area contributed by atoms with Crippen LogP contribution in [0.25, 0.3) is 0 Å². The molecule has 0 unspecified atom stereocenters. The Bertz CT molecular complexity index is 513. The fourth-order valence-electron chi connectivity index (χ4n) is 2.26. The third kappa shape index (κ3) is 3.88. The second kappa shape index (κ2) is 7.31. The summed E-state index contributed by atoms with van der Waals surface area (Å²) in [7, 11) is 0. The first-order valence-electron chi connectivity index (χ1n) is 7.20. The molecule has 114 valence electrons. The van der Waals surface area contributed by atoms with E-state index < -0.39 is 0 Å². The number of carbonyl (C=O) groups is 2. The van der Waals surface area contributed by atoms with Gasteiger partial charge in [-0.3, -0.25) is 4.79 Å². The van der Waals surface area contributed by atoms with Crippen LogP contribution in [0, 0.1) is 0 Å². The number of hydrogen-bond acceptors (Lipinski definition) is 2. The molecule has 0 aliphatic carbocycles. The molecule has 5 nitrogen and oxygen atoms in total. The Kier molecular flexibility index (Phi) is 5.44. The lowest BCUT2D eigenvalue weighted by atomic mass is 10.2. The van der Waals surface area contributed by atoms with Crippen molar-refractivity contribution in [1.29, 1.82) is 0 Å². The third-order valence-electron chi connectivity index (χ3n) is 3.48. The number of nitrogens with zero attached hydrogens (tertiary/aromatic N) is 2. The average Bonchev–Trinajstić information content (AvgIpc) is 2.52. The first-order chi connectivity index (χ1) is 10.1. The number of amides is 3. The molecule has 0 saturated carbocycles. The van der Waals surface area contributed by atoms with Crippen LogP contribution in [-0.2, 0) is 0 Å². The lowest BCUT2D eigenvalue weighted by molar-refractivity contribution is 0.0665. The van der Waals surface area contributed by atoms with Crippen molar-refractivity contribution < 1.29 is 9.59 Å². The first kappa shape index (κ1) is 15.6. The largest absolute Gasteiger partial charge is 0.338 e. The Morgan fingerprint density at radius 2 is 1.76 bits per heavy atom. The van der Waals surface area contributed by atoms with Crippen molar-refractivity contribution in [1.82, 2.24) is 15.1 Å². The van der Waals surface area contributed by atoms with Crippen LogP contribution in [0.15, 0.2) is 24.3 Å². The fourth-order valence-corrected chi connectivity index (χ4v) is 2.48. The highest BCUT2D eigenvalue weighted by atomic mass is 35.5. The van der Waals surface area contributed by atoms with E-state index in [1.165, 1.54) is 0 Å². The zero-order chi connectivity index (χ0) is 15.2. The van der Waals surface area contributed by atoms with Gasteiger partial charge >= 0.3 is 6.03 Å². The fraction of sp³-hybridized carbons (Fsp3) is 0.467. The van der Waals surface area contributed by atoms with Crippen LogP contribution in [0.3, 0.4) is 0 Å². The van der Waals surface area contributed by atoms with E-state index >= 15 is 0 Å². The maximum absolute atomic E-state index is 12.4. The molecule has 1 heterocycles. The Labute approximate surface area is 129 Å². The minimum absolute atomic E-state index is 0.0540. The van der Waals surface area contributed by atoms with Gasteiger partial charge in [-0.05, 0) is 18.6 Å². The molecule has 0 spiro atoms. The molecule has 0 aromatic heterocycles. The predicted octanol–water partition coefficient (Wildman–Crippen LogP) is 2.22. The van der Waals surface area contributed by atoms with Crippen LogP contribution in [0.4, 0.5) is 4.79 Å². The Morgan fingerprint density at radius 1 is 1.14 bits per heavy atom. The predicted molar refractivity (Wildman–Crippen MR) is 82.6 cm³/mol. The number of hydrogen-bond donors (Lipinski definition) is 1. The Balaban J connectivity index is 1.91. The molecular weight excluding hydrogens is 290 g/mol. The van der Waals surface area contributed by atoms with Crippen molar-refractivity contribution in [3.05, 3.63) is 34.9 Å². The number of nitrogens with one attached hydrogen (secondary N) is 1. The van der Waals surface area contributed by atoms with Gasteiger partial charge in [0.05, 0.1) is 10.6 Å². The standard InChI is InChI=1S/C15H20ClN3O2/c1-2-7-17-15(21)19-10-8-18(9-11-19)14(20)12-5-3-4-6-13(12)16/h3-6H,2,7-11H2,1H3,(H,17,21). The van der Waals surface area contributed by atoms with Gasteiger partial charge in [0.2, 0.25) is 0 Å². The minimum atomic E-state index is -0.0748. The van der Waals surface area contributed by atoms with Crippen LogP contribution in [0.1, 0.15) is 23.7 Å². The number of urea groups is 1. The molecule has 1 N–H and O–H groups in total. The van der Waals surface area contributed by atoms with Crippen LogP contribution in [0.2, 0.25) is 5.02 Å². The topological polar surface area (TPSA) is 52.7 Å². The molecule has 0 atom stereocenters. The summed E-state index contributed by atoms with van der Waals surface area (Å²) in [6.45, 7) is 4.85. The van der Waals surface area contributed by atoms with Gasteiger partial charge in [0, 0.05) is 32.7 Å². The summed E-state index contributed by atoms with van der Waals surface area (Å²) < 4.78 is 0. The maximum atomic E-state index is 12.4. The van der Waals surface area contributed by atoms with Crippen LogP contribution >= 0.6 is 11.6 Å². The average molecular weight is 310 g/mol. The number of halogens is 1. The lowest BCUT2D eigenvalue weighted by Gasteiger charge is -2.34. The van der Waals surface area contributed by atoms with Crippen LogP contribution < -0.4 is 5.32 Å². The monoisotopic (exact) mass is 309 g/mol. The molecule has 1 aliphatic rings. The van der Waals surface area contributed by atoms with E-state index in [-0.39, 0.29) is 11.9 Å². The van der Waals surface area contributed by atoms with Gasteiger partial charge < -0.3 is 15.1 Å². The normalized spacial score (nSPS) is 15.0. The number of benzene rings is 1. The Morgan fingerprint density at radius 3 is 2.38 bits per heavy atom. The molecule has 0 radical (unpaired) electrons. The summed E-state index contributed by atoms with van der Waals surface area (Å²) in [6.07, 6.45) is 0.913. The first-order valence-corrected chi connectivity index (χ1v) is 7.58. The van der Waals surface area contributed by atoms with E-state index in [1.807, 2.05) is 6.92 Å². The van der Waals surface area contributed by atoms with E-state index in [9.17, 15) is 9.59 Å². The molecule has 1 aromatic rings. The van der Waals surface area contributed by atoms with Crippen molar-refractivity contribution in [3.63, 3.8) is 0 Å². The van der Waals surface area contributed by atoms with Crippen molar-refractivity contribution >= 4 is 23.5 Å². The van der Waals surface area contributed by atoms with Gasteiger partial charge in [-0.25, -0.2) is 4.79 Å². The third-order valence-corrected chi connectivity index (χ3v) is 3.81. The minimum Gasteiger partial charge on any atom is -0.338 e. The number of rotatable bonds is 3. The highest BCUT2D eigenvalue weighted by Crippen LogP contribution is 2.18. The summed E-state index contributed by atoms with van der Waals surface area (Å²) >= 11 is 6.05. The lowest BCUT2D eigenvalue weighted by Crippen LogP contribution is -2.53. The van der Waals surface area contributed by atoms with Crippen molar-refractivity contribution in [2.45, 2.75) is 13.3 Å². The molecule has 6 heteroatoms. The second-order valence-electron chi connectivity index (χ2n) is 4.99. The van der Waals surface area contributed by atoms with Crippen molar-refractivity contribution in [3.8, 4) is 0 Å². The molecule has 21 heavy (non-hydrogen) atoms. The van der Waals surface area contributed by atoms with Gasteiger partial charge in [-0.1, -0.05) is 30.7 Å². The molecule has 0 bridgehead atoms. The number of piperazine rings is 1. The SMILES string of the molecule is CCCNC(=O)N1CCN(C(=O)c2ccccc2Cl)CC1. The van der Waals surface area contributed by atoms with E-state index in [1.54, 1.807) is 34.1 Å². The quantitative estimate of drug-likeness (QED) is 0.931. The molecule has 3 amide bonds. The van der Waals surface area contributed by atoms with Crippen LogP contribution in [0.5, 0.6) is 0 Å². The summed E-state index contributed by atoms with van der Waals surface area (Å²) in [5.74, 6) is -0.0748. The summed E-state index contributed by atoms with van der Waals surface area (Å²) in [5.41, 5.74) is 0.517. The molecular formula is C15H20ClN3O2. The van der Waals surface area contributed by atoms with E-state index in [0.29, 0.717) is 43.3 Å². The van der Waals surface area contributed by atoms with E-state index in [0.717, 1.165) is 6.42 Å². The number of carbonyl (C=O) groups excluding carboxylic acids is 2. The molecule has 1 aromatic carbocycles. The summed E-state index contributed by atoms with van der Waals surface area (Å²) in [6, 6.07) is 6.98. The van der Waals surface area contributed by atoms with Crippen molar-refractivity contribution in [2.24, 2.45) is 0 Å². The molecule has 1 saturated heterocycles. The second-order valence-corrected chi connectivity index (χ2v) is 5.40. The zero-order valence-corrected chi connectivity index (χ0v) is 12.9. The van der Waals surface area contributed by atoms with Gasteiger partial charge in [0.15, 0.2) is 0 Å².